The zero-order chi connectivity index (χ0) is 17.3. The van der Waals surface area contributed by atoms with Crippen molar-refractivity contribution >= 4 is 22.5 Å². The van der Waals surface area contributed by atoms with E-state index in [4.69, 9.17) is 9.15 Å². The number of halogens is 1. The van der Waals surface area contributed by atoms with Gasteiger partial charge in [-0.2, -0.15) is 0 Å². The Labute approximate surface area is 136 Å². The summed E-state index contributed by atoms with van der Waals surface area (Å²) >= 11 is 0. The first-order chi connectivity index (χ1) is 11.5. The molecule has 3 rings (SSSR count). The van der Waals surface area contributed by atoms with Crippen LogP contribution >= 0.6 is 0 Å². The van der Waals surface area contributed by atoms with Gasteiger partial charge in [0.1, 0.15) is 23.8 Å². The maximum Gasteiger partial charge on any atom is 0.267 e. The zero-order valence-corrected chi connectivity index (χ0v) is 12.7. The number of carbonyl (C=O) groups excluding carboxylic acids is 2. The molecular weight excluding hydrogens is 315 g/mol. The predicted molar refractivity (Wildman–Crippen MR) is 83.6 cm³/mol. The van der Waals surface area contributed by atoms with Gasteiger partial charge >= 0.3 is 0 Å². The lowest BCUT2D eigenvalue weighted by Crippen LogP contribution is -2.08. The van der Waals surface area contributed by atoms with Crippen molar-refractivity contribution in [3.8, 4) is 11.5 Å². The number of furan rings is 1. The molecule has 0 bridgehead atoms. The van der Waals surface area contributed by atoms with Crippen LogP contribution in [0.2, 0.25) is 0 Å². The van der Waals surface area contributed by atoms with Gasteiger partial charge in [0.05, 0.1) is 5.39 Å². The first kappa shape index (κ1) is 15.7. The van der Waals surface area contributed by atoms with Crippen molar-refractivity contribution in [3.05, 3.63) is 59.6 Å². The van der Waals surface area contributed by atoms with Crippen LogP contribution in [0.15, 0.2) is 46.9 Å². The van der Waals surface area contributed by atoms with Crippen LogP contribution in [-0.4, -0.2) is 16.7 Å². The van der Waals surface area contributed by atoms with Gasteiger partial charge in [-0.25, -0.2) is 4.39 Å². The largest absolute Gasteiger partial charge is 0.504 e. The topological polar surface area (TPSA) is 76.7 Å². The van der Waals surface area contributed by atoms with Crippen molar-refractivity contribution in [1.82, 2.24) is 0 Å². The van der Waals surface area contributed by atoms with Crippen molar-refractivity contribution in [3.63, 3.8) is 0 Å². The van der Waals surface area contributed by atoms with E-state index in [0.29, 0.717) is 5.75 Å². The summed E-state index contributed by atoms with van der Waals surface area (Å²) in [7, 11) is 0. The van der Waals surface area contributed by atoms with Crippen LogP contribution in [0.5, 0.6) is 11.5 Å². The molecule has 0 unspecified atom stereocenters. The number of hydrogen-bond donors (Lipinski definition) is 1. The van der Waals surface area contributed by atoms with Crippen LogP contribution in [0.4, 0.5) is 4.39 Å². The SMILES string of the molecule is CC(=O)C(=O)c1oc2ccc(OCc3ccc(F)cc3)cc2c1O. The fourth-order valence-electron chi connectivity index (χ4n) is 2.21. The molecule has 0 spiro atoms. The van der Waals surface area contributed by atoms with Crippen LogP contribution < -0.4 is 4.74 Å². The number of rotatable bonds is 5. The second-order valence-electron chi connectivity index (χ2n) is 5.24. The molecule has 5 nitrogen and oxygen atoms in total. The fraction of sp³-hybridized carbons (Fsp3) is 0.111. The van der Waals surface area contributed by atoms with E-state index in [1.54, 1.807) is 18.2 Å². The smallest absolute Gasteiger partial charge is 0.267 e. The minimum atomic E-state index is -0.891. The molecule has 0 atom stereocenters. The van der Waals surface area contributed by atoms with Gasteiger partial charge in [0.15, 0.2) is 5.75 Å². The molecule has 2 aromatic carbocycles. The summed E-state index contributed by atoms with van der Waals surface area (Å²) < 4.78 is 23.7. The molecule has 3 aromatic rings. The Morgan fingerprint density at radius 2 is 1.88 bits per heavy atom. The summed E-state index contributed by atoms with van der Waals surface area (Å²) in [6.45, 7) is 1.32. The molecule has 1 heterocycles. The molecule has 0 aliphatic heterocycles. The molecule has 0 aliphatic carbocycles. The third kappa shape index (κ3) is 2.99. The molecule has 24 heavy (non-hydrogen) atoms. The van der Waals surface area contributed by atoms with E-state index in [2.05, 4.69) is 0 Å². The zero-order valence-electron chi connectivity index (χ0n) is 12.7. The van der Waals surface area contributed by atoms with Crippen molar-refractivity contribution in [2.45, 2.75) is 13.5 Å². The number of ether oxygens (including phenoxy) is 1. The van der Waals surface area contributed by atoms with Crippen molar-refractivity contribution in [1.29, 1.82) is 0 Å². The molecule has 0 fully saturated rings. The lowest BCUT2D eigenvalue weighted by Gasteiger charge is -2.06. The molecule has 0 radical (unpaired) electrons. The van der Waals surface area contributed by atoms with E-state index in [-0.39, 0.29) is 29.2 Å². The summed E-state index contributed by atoms with van der Waals surface area (Å²) in [5.41, 5.74) is 1.05. The van der Waals surface area contributed by atoms with Crippen molar-refractivity contribution < 1.29 is 28.2 Å². The lowest BCUT2D eigenvalue weighted by atomic mass is 10.1. The van der Waals surface area contributed by atoms with Crippen LogP contribution in [0, 0.1) is 5.82 Å². The molecule has 1 N–H and O–H groups in total. The second kappa shape index (κ2) is 6.16. The highest BCUT2D eigenvalue weighted by Crippen LogP contribution is 2.35. The molecule has 0 aliphatic rings. The average molecular weight is 328 g/mol. The maximum atomic E-state index is 12.9. The lowest BCUT2D eigenvalue weighted by molar-refractivity contribution is -0.113. The highest BCUT2D eigenvalue weighted by Gasteiger charge is 2.23. The van der Waals surface area contributed by atoms with Gasteiger partial charge in [0.25, 0.3) is 5.78 Å². The second-order valence-corrected chi connectivity index (χ2v) is 5.24. The van der Waals surface area contributed by atoms with E-state index in [0.717, 1.165) is 12.5 Å². The van der Waals surface area contributed by atoms with Gasteiger partial charge in [-0.15, -0.1) is 0 Å². The van der Waals surface area contributed by atoms with Crippen LogP contribution in [-0.2, 0) is 11.4 Å². The van der Waals surface area contributed by atoms with Gasteiger partial charge < -0.3 is 14.3 Å². The minimum Gasteiger partial charge on any atom is -0.504 e. The Morgan fingerprint density at radius 3 is 2.54 bits per heavy atom. The quantitative estimate of drug-likeness (QED) is 0.572. The normalized spacial score (nSPS) is 10.8. The van der Waals surface area contributed by atoms with E-state index >= 15 is 0 Å². The highest BCUT2D eigenvalue weighted by atomic mass is 19.1. The number of Topliss-reactive ketones (excluding diaryl/α,β-unsaturated/α-hetero) is 2. The van der Waals surface area contributed by atoms with Crippen LogP contribution in [0.25, 0.3) is 11.0 Å². The summed E-state index contributed by atoms with van der Waals surface area (Å²) in [4.78, 5) is 22.8. The maximum absolute atomic E-state index is 12.9. The van der Waals surface area contributed by atoms with Crippen LogP contribution in [0.3, 0.4) is 0 Å². The molecule has 1 aromatic heterocycles. The van der Waals surface area contributed by atoms with Gasteiger partial charge in [-0.1, -0.05) is 12.1 Å². The first-order valence-electron chi connectivity index (χ1n) is 7.13. The monoisotopic (exact) mass is 328 g/mol. The van der Waals surface area contributed by atoms with Crippen molar-refractivity contribution in [2.24, 2.45) is 0 Å². The summed E-state index contributed by atoms with van der Waals surface area (Å²) in [5, 5.41) is 10.4. The molecule has 6 heteroatoms. The Morgan fingerprint density at radius 1 is 1.17 bits per heavy atom. The molecule has 0 saturated heterocycles. The number of carbonyl (C=O) groups is 2. The van der Waals surface area contributed by atoms with Gasteiger partial charge in [0, 0.05) is 6.92 Å². The Kier molecular flexibility index (Phi) is 4.04. The van der Waals surface area contributed by atoms with Gasteiger partial charge in [0.2, 0.25) is 11.5 Å². The fourth-order valence-corrected chi connectivity index (χ4v) is 2.21. The van der Waals surface area contributed by atoms with Crippen molar-refractivity contribution in [2.75, 3.05) is 0 Å². The molecule has 0 saturated carbocycles. The Balaban J connectivity index is 1.85. The van der Waals surface area contributed by atoms with Gasteiger partial charge in [-0.05, 0) is 35.9 Å². The third-order valence-corrected chi connectivity index (χ3v) is 3.48. The number of hydrogen-bond acceptors (Lipinski definition) is 5. The summed E-state index contributed by atoms with van der Waals surface area (Å²) in [5.74, 6) is -2.28. The number of ketones is 2. The van der Waals surface area contributed by atoms with Crippen LogP contribution in [0.1, 0.15) is 23.0 Å². The van der Waals surface area contributed by atoms with E-state index in [9.17, 15) is 19.1 Å². The standard InChI is InChI=1S/C18H13FO5/c1-10(20)16(21)18-17(22)14-8-13(6-7-15(14)24-18)23-9-11-2-4-12(19)5-3-11/h2-8,22H,9H2,1H3. The summed E-state index contributed by atoms with van der Waals surface area (Å²) in [6.07, 6.45) is 0. The first-order valence-corrected chi connectivity index (χ1v) is 7.13. The molecular formula is C18H13FO5. The van der Waals surface area contributed by atoms with E-state index < -0.39 is 17.3 Å². The average Bonchev–Trinajstić information content (AvgIpc) is 2.90. The highest BCUT2D eigenvalue weighted by molar-refractivity contribution is 6.43. The molecule has 122 valence electrons. The number of aromatic hydroxyl groups is 1. The third-order valence-electron chi connectivity index (χ3n) is 3.48. The molecule has 0 amide bonds. The van der Waals surface area contributed by atoms with Gasteiger partial charge in [-0.3, -0.25) is 9.59 Å². The Bertz CT molecular complexity index is 924. The predicted octanol–water partition coefficient (Wildman–Crippen LogP) is 3.63. The Hall–Kier alpha value is -3.15. The minimum absolute atomic E-state index is 0.212. The number of benzene rings is 2. The summed E-state index contributed by atoms with van der Waals surface area (Å²) in [6, 6.07) is 10.5. The van der Waals surface area contributed by atoms with E-state index in [1.165, 1.54) is 24.3 Å². The number of fused-ring (bicyclic) bond motifs is 1. The van der Waals surface area contributed by atoms with E-state index in [1.807, 2.05) is 0 Å².